The van der Waals surface area contributed by atoms with E-state index in [9.17, 15) is 22.4 Å². The van der Waals surface area contributed by atoms with Crippen molar-refractivity contribution < 1.29 is 22.4 Å². The summed E-state index contributed by atoms with van der Waals surface area (Å²) in [6.07, 6.45) is -4.33. The summed E-state index contributed by atoms with van der Waals surface area (Å²) in [6.45, 7) is 3.91. The molecule has 3 aromatic carbocycles. The van der Waals surface area contributed by atoms with E-state index in [0.717, 1.165) is 27.7 Å². The Morgan fingerprint density at radius 3 is 2.31 bits per heavy atom. The molecule has 4 rings (SSSR count). The lowest BCUT2D eigenvalue weighted by atomic mass is 9.71. The molecule has 35 heavy (non-hydrogen) atoms. The summed E-state index contributed by atoms with van der Waals surface area (Å²) < 4.78 is 52.9. The molecule has 1 amide bonds. The SMILES string of the molecule is CC(C)(CNC(=O)CC(F)(F)F)C(c1ccccc1)c1ccc2c(cnn2-c2ccc(F)cc2)c1. The van der Waals surface area contributed by atoms with Crippen LogP contribution in [0.3, 0.4) is 0 Å². The Balaban J connectivity index is 1.68. The molecule has 182 valence electrons. The van der Waals surface area contributed by atoms with Gasteiger partial charge < -0.3 is 5.32 Å². The molecule has 0 bridgehead atoms. The fourth-order valence-corrected chi connectivity index (χ4v) is 4.43. The third-order valence-electron chi connectivity index (χ3n) is 6.01. The zero-order chi connectivity index (χ0) is 25.2. The number of aromatic nitrogens is 2. The number of nitrogens with zero attached hydrogens (tertiary/aromatic N) is 2. The Bertz CT molecular complexity index is 1310. The molecule has 1 heterocycles. The Labute approximate surface area is 200 Å². The van der Waals surface area contributed by atoms with Gasteiger partial charge in [0, 0.05) is 17.8 Å². The van der Waals surface area contributed by atoms with E-state index in [1.54, 1.807) is 23.0 Å². The number of alkyl halides is 3. The van der Waals surface area contributed by atoms with Crippen molar-refractivity contribution >= 4 is 16.8 Å². The Morgan fingerprint density at radius 1 is 0.971 bits per heavy atom. The van der Waals surface area contributed by atoms with E-state index in [-0.39, 0.29) is 18.3 Å². The molecule has 0 saturated carbocycles. The first kappa shape index (κ1) is 24.4. The van der Waals surface area contributed by atoms with E-state index < -0.39 is 23.9 Å². The van der Waals surface area contributed by atoms with E-state index in [1.165, 1.54) is 12.1 Å². The number of fused-ring (bicyclic) bond motifs is 1. The van der Waals surface area contributed by atoms with Crippen LogP contribution in [0, 0.1) is 11.2 Å². The lowest BCUT2D eigenvalue weighted by Gasteiger charge is -2.35. The first-order valence-corrected chi connectivity index (χ1v) is 11.2. The summed E-state index contributed by atoms with van der Waals surface area (Å²) >= 11 is 0. The minimum Gasteiger partial charge on any atom is -0.355 e. The number of amides is 1. The van der Waals surface area contributed by atoms with Gasteiger partial charge in [-0.1, -0.05) is 50.2 Å². The maximum Gasteiger partial charge on any atom is 0.397 e. The van der Waals surface area contributed by atoms with Gasteiger partial charge in [-0.15, -0.1) is 0 Å². The fraction of sp³-hybridized carbons (Fsp3) is 0.259. The lowest BCUT2D eigenvalue weighted by molar-refractivity contribution is -0.154. The molecule has 4 nitrogen and oxygen atoms in total. The maximum absolute atomic E-state index is 13.3. The summed E-state index contributed by atoms with van der Waals surface area (Å²) in [7, 11) is 0. The van der Waals surface area contributed by atoms with E-state index in [0.29, 0.717) is 0 Å². The van der Waals surface area contributed by atoms with E-state index in [2.05, 4.69) is 10.4 Å². The number of halogens is 4. The maximum atomic E-state index is 13.3. The topological polar surface area (TPSA) is 46.9 Å². The van der Waals surface area contributed by atoms with Gasteiger partial charge in [0.05, 0.1) is 17.4 Å². The molecular formula is C27H25F4N3O. The standard InChI is InChI=1S/C27H25F4N3O/c1-26(2,17-32-24(35)15-27(29,30)31)25(18-6-4-3-5-7-18)19-8-13-23-20(14-19)16-33-34(23)22-11-9-21(28)10-12-22/h3-14,16,25H,15,17H2,1-2H3,(H,32,35). The molecule has 0 radical (unpaired) electrons. The molecule has 0 saturated heterocycles. The summed E-state index contributed by atoms with van der Waals surface area (Å²) in [6, 6.07) is 21.6. The summed E-state index contributed by atoms with van der Waals surface area (Å²) in [5.41, 5.74) is 2.87. The molecule has 1 N–H and O–H groups in total. The number of hydrogen-bond donors (Lipinski definition) is 1. The number of benzene rings is 3. The first-order chi connectivity index (χ1) is 16.5. The highest BCUT2D eigenvalue weighted by Crippen LogP contribution is 2.41. The average molecular weight is 484 g/mol. The number of carbonyl (C=O) groups is 1. The van der Waals surface area contributed by atoms with Crippen molar-refractivity contribution in [1.82, 2.24) is 15.1 Å². The fourth-order valence-electron chi connectivity index (χ4n) is 4.43. The van der Waals surface area contributed by atoms with Crippen molar-refractivity contribution in [2.45, 2.75) is 32.4 Å². The van der Waals surface area contributed by atoms with Gasteiger partial charge in [0.2, 0.25) is 5.91 Å². The lowest BCUT2D eigenvalue weighted by Crippen LogP contribution is -2.39. The molecule has 1 atom stereocenters. The average Bonchev–Trinajstić information content (AvgIpc) is 3.21. The minimum absolute atomic E-state index is 0.0638. The summed E-state index contributed by atoms with van der Waals surface area (Å²) in [5.74, 6) is -1.59. The van der Waals surface area contributed by atoms with Gasteiger partial charge in [0.1, 0.15) is 12.2 Å². The zero-order valence-corrected chi connectivity index (χ0v) is 19.3. The highest BCUT2D eigenvalue weighted by molar-refractivity contribution is 5.81. The normalized spacial score (nSPS) is 13.1. The van der Waals surface area contributed by atoms with E-state index in [1.807, 2.05) is 62.4 Å². The van der Waals surface area contributed by atoms with Crippen LogP contribution in [0.1, 0.15) is 37.3 Å². The third kappa shape index (κ3) is 5.70. The first-order valence-electron chi connectivity index (χ1n) is 11.2. The number of rotatable bonds is 7. The highest BCUT2D eigenvalue weighted by atomic mass is 19.4. The summed E-state index contributed by atoms with van der Waals surface area (Å²) in [4.78, 5) is 11.9. The van der Waals surface area contributed by atoms with Crippen LogP contribution in [0.5, 0.6) is 0 Å². The molecule has 0 aliphatic carbocycles. The summed E-state index contributed by atoms with van der Waals surface area (Å²) in [5, 5.41) is 7.78. The molecule has 0 fully saturated rings. The predicted molar refractivity (Wildman–Crippen MR) is 127 cm³/mol. The second-order valence-corrected chi connectivity index (χ2v) is 9.25. The molecule has 4 aromatic rings. The third-order valence-corrected chi connectivity index (χ3v) is 6.01. The van der Waals surface area contributed by atoms with Crippen molar-refractivity contribution in [3.05, 3.63) is 95.9 Å². The van der Waals surface area contributed by atoms with Gasteiger partial charge in [0.15, 0.2) is 0 Å². The van der Waals surface area contributed by atoms with Crippen LogP contribution in [-0.2, 0) is 4.79 Å². The quantitative estimate of drug-likeness (QED) is 0.310. The molecule has 0 aliphatic heterocycles. The number of nitrogens with one attached hydrogen (secondary N) is 1. The van der Waals surface area contributed by atoms with Gasteiger partial charge in [-0.3, -0.25) is 4.79 Å². The molecular weight excluding hydrogens is 458 g/mol. The minimum atomic E-state index is -4.55. The molecule has 8 heteroatoms. The van der Waals surface area contributed by atoms with Gasteiger partial charge in [0.25, 0.3) is 0 Å². The monoisotopic (exact) mass is 483 g/mol. The predicted octanol–water partition coefficient (Wildman–Crippen LogP) is 6.39. The van der Waals surface area contributed by atoms with Gasteiger partial charge in [-0.05, 0) is 52.9 Å². The van der Waals surface area contributed by atoms with Crippen LogP contribution in [0.15, 0.2) is 79.0 Å². The van der Waals surface area contributed by atoms with E-state index >= 15 is 0 Å². The molecule has 0 spiro atoms. The van der Waals surface area contributed by atoms with E-state index in [4.69, 9.17) is 0 Å². The molecule has 1 aromatic heterocycles. The van der Waals surface area contributed by atoms with Crippen LogP contribution in [0.25, 0.3) is 16.6 Å². The van der Waals surface area contributed by atoms with Crippen molar-refractivity contribution in [1.29, 1.82) is 0 Å². The van der Waals surface area contributed by atoms with Crippen LogP contribution in [-0.4, -0.2) is 28.4 Å². The van der Waals surface area contributed by atoms with Crippen molar-refractivity contribution in [2.24, 2.45) is 5.41 Å². The van der Waals surface area contributed by atoms with Gasteiger partial charge in [-0.2, -0.15) is 18.3 Å². The smallest absolute Gasteiger partial charge is 0.355 e. The Kier molecular flexibility index (Phi) is 6.65. The van der Waals surface area contributed by atoms with Crippen molar-refractivity contribution in [3.8, 4) is 5.69 Å². The van der Waals surface area contributed by atoms with Gasteiger partial charge in [-0.25, -0.2) is 9.07 Å². The highest BCUT2D eigenvalue weighted by Gasteiger charge is 2.35. The van der Waals surface area contributed by atoms with Crippen LogP contribution < -0.4 is 5.32 Å². The largest absolute Gasteiger partial charge is 0.397 e. The Hall–Kier alpha value is -3.68. The number of carbonyl (C=O) groups excluding carboxylic acids is 1. The molecule has 0 aliphatic rings. The van der Waals surface area contributed by atoms with Crippen LogP contribution in [0.4, 0.5) is 17.6 Å². The van der Waals surface area contributed by atoms with Crippen LogP contribution >= 0.6 is 0 Å². The van der Waals surface area contributed by atoms with Crippen LogP contribution in [0.2, 0.25) is 0 Å². The Morgan fingerprint density at radius 2 is 1.66 bits per heavy atom. The van der Waals surface area contributed by atoms with Crippen molar-refractivity contribution in [2.75, 3.05) is 6.54 Å². The second kappa shape index (κ2) is 9.52. The zero-order valence-electron chi connectivity index (χ0n) is 19.3. The molecule has 1 unspecified atom stereocenters. The van der Waals surface area contributed by atoms with Crippen molar-refractivity contribution in [3.63, 3.8) is 0 Å². The van der Waals surface area contributed by atoms with Gasteiger partial charge >= 0.3 is 6.18 Å². The number of hydrogen-bond acceptors (Lipinski definition) is 2. The second-order valence-electron chi connectivity index (χ2n) is 9.25.